The Bertz CT molecular complexity index is 835. The Morgan fingerprint density at radius 2 is 1.95 bits per heavy atom. The van der Waals surface area contributed by atoms with Crippen molar-refractivity contribution in [1.82, 2.24) is 0 Å². The Balaban J connectivity index is 1.96. The van der Waals surface area contributed by atoms with Gasteiger partial charge in [0.1, 0.15) is 0 Å². The number of carbonyl (C=O) groups excluding carboxylic acids is 1. The molecule has 0 spiro atoms. The number of carbonyl (C=O) groups is 1. The van der Waals surface area contributed by atoms with Gasteiger partial charge in [-0.3, -0.25) is 0 Å². The van der Waals surface area contributed by atoms with E-state index in [9.17, 15) is 9.59 Å². The van der Waals surface area contributed by atoms with E-state index in [0.717, 1.165) is 11.3 Å². The molecule has 0 aliphatic carbocycles. The third kappa shape index (κ3) is 2.45. The molecule has 0 aliphatic heterocycles. The highest BCUT2D eigenvalue weighted by atomic mass is 35.5. The van der Waals surface area contributed by atoms with Crippen molar-refractivity contribution in [1.29, 1.82) is 0 Å². The number of esters is 1. The van der Waals surface area contributed by atoms with E-state index in [1.165, 1.54) is 12.1 Å². The number of hydrogen-bond acceptors (Lipinski definition) is 5. The fourth-order valence-corrected chi connectivity index (χ4v) is 2.56. The summed E-state index contributed by atoms with van der Waals surface area (Å²) in [6.07, 6.45) is 0. The minimum atomic E-state index is -0.511. The highest BCUT2D eigenvalue weighted by Gasteiger charge is 2.13. The van der Waals surface area contributed by atoms with Crippen LogP contribution in [0.5, 0.6) is 5.75 Å². The van der Waals surface area contributed by atoms with Crippen molar-refractivity contribution in [3.05, 3.63) is 62.8 Å². The summed E-state index contributed by atoms with van der Waals surface area (Å²) in [5.41, 5.74) is 0.800. The van der Waals surface area contributed by atoms with Crippen LogP contribution in [0.4, 0.5) is 0 Å². The number of fused-ring (bicyclic) bond motifs is 1. The molecule has 6 heteroatoms. The van der Waals surface area contributed by atoms with Gasteiger partial charge in [0.05, 0.1) is 15.3 Å². The monoisotopic (exact) mass is 306 g/mol. The van der Waals surface area contributed by atoms with Crippen LogP contribution >= 0.6 is 22.9 Å². The Morgan fingerprint density at radius 3 is 2.70 bits per heavy atom. The van der Waals surface area contributed by atoms with Crippen molar-refractivity contribution in [3.63, 3.8) is 0 Å². The first-order valence-corrected chi connectivity index (χ1v) is 6.83. The molecule has 3 rings (SSSR count). The fraction of sp³-hybridized carbons (Fsp3) is 0. The maximum Gasteiger partial charge on any atom is 0.396 e. The first-order valence-electron chi connectivity index (χ1n) is 5.64. The van der Waals surface area contributed by atoms with Crippen molar-refractivity contribution >= 4 is 39.2 Å². The minimum absolute atomic E-state index is 0.199. The molecule has 4 nitrogen and oxygen atoms in total. The lowest BCUT2D eigenvalue weighted by atomic mass is 10.2. The summed E-state index contributed by atoms with van der Waals surface area (Å²) in [5, 5.41) is 0.211. The highest BCUT2D eigenvalue weighted by Crippen LogP contribution is 2.31. The van der Waals surface area contributed by atoms with Gasteiger partial charge in [-0.2, -0.15) is 0 Å². The van der Waals surface area contributed by atoms with Gasteiger partial charge in [-0.05, 0) is 12.1 Å². The molecule has 0 saturated carbocycles. The SMILES string of the molecule is O=C(Oc1cc2sc(=O)oc2cc1Cl)c1ccccc1. The zero-order valence-electron chi connectivity index (χ0n) is 9.96. The van der Waals surface area contributed by atoms with Crippen molar-refractivity contribution in [3.8, 4) is 5.75 Å². The Morgan fingerprint density at radius 1 is 1.20 bits per heavy atom. The van der Waals surface area contributed by atoms with E-state index in [4.69, 9.17) is 20.8 Å². The molecule has 0 bridgehead atoms. The maximum atomic E-state index is 11.9. The average molecular weight is 307 g/mol. The standard InChI is InChI=1S/C14H7ClO4S/c15-9-6-11-12(20-14(17)19-11)7-10(9)18-13(16)8-4-2-1-3-5-8/h1-7H. The molecule has 100 valence electrons. The number of rotatable bonds is 2. The van der Waals surface area contributed by atoms with Gasteiger partial charge < -0.3 is 9.15 Å². The van der Waals surface area contributed by atoms with Gasteiger partial charge >= 0.3 is 10.9 Å². The van der Waals surface area contributed by atoms with Crippen molar-refractivity contribution in [2.45, 2.75) is 0 Å². The van der Waals surface area contributed by atoms with Gasteiger partial charge in [0, 0.05) is 12.1 Å². The molecule has 3 aromatic rings. The van der Waals surface area contributed by atoms with Crippen LogP contribution in [-0.2, 0) is 0 Å². The van der Waals surface area contributed by atoms with Crippen molar-refractivity contribution < 1.29 is 13.9 Å². The van der Waals surface area contributed by atoms with Crippen molar-refractivity contribution in [2.75, 3.05) is 0 Å². The fourth-order valence-electron chi connectivity index (χ4n) is 1.69. The van der Waals surface area contributed by atoms with Gasteiger partial charge in [-0.25, -0.2) is 9.59 Å². The predicted molar refractivity (Wildman–Crippen MR) is 76.8 cm³/mol. The van der Waals surface area contributed by atoms with Crippen LogP contribution in [0.3, 0.4) is 0 Å². The van der Waals surface area contributed by atoms with Crippen LogP contribution in [0.1, 0.15) is 10.4 Å². The predicted octanol–water partition coefficient (Wildman–Crippen LogP) is 3.73. The van der Waals surface area contributed by atoms with E-state index in [0.29, 0.717) is 15.8 Å². The molecule has 2 aromatic carbocycles. The summed E-state index contributed by atoms with van der Waals surface area (Å²) in [5.74, 6) is -0.312. The van der Waals surface area contributed by atoms with E-state index in [-0.39, 0.29) is 10.8 Å². The summed E-state index contributed by atoms with van der Waals surface area (Å²) in [7, 11) is 0. The van der Waals surface area contributed by atoms with Crippen LogP contribution in [0.2, 0.25) is 5.02 Å². The summed E-state index contributed by atoms with van der Waals surface area (Å²) < 4.78 is 10.8. The third-order valence-corrected chi connectivity index (χ3v) is 3.68. The molecule has 1 heterocycles. The second kappa shape index (κ2) is 5.11. The van der Waals surface area contributed by atoms with Gasteiger partial charge in [-0.1, -0.05) is 41.1 Å². The lowest BCUT2D eigenvalue weighted by molar-refractivity contribution is 0.0735. The lowest BCUT2D eigenvalue weighted by Gasteiger charge is -2.05. The Hall–Kier alpha value is -2.11. The lowest BCUT2D eigenvalue weighted by Crippen LogP contribution is -2.08. The first kappa shape index (κ1) is 12.9. The molecule has 0 radical (unpaired) electrons. The van der Waals surface area contributed by atoms with Crippen LogP contribution in [0, 0.1) is 0 Å². The topological polar surface area (TPSA) is 56.5 Å². The number of ether oxygens (including phenoxy) is 1. The van der Waals surface area contributed by atoms with E-state index >= 15 is 0 Å². The summed E-state index contributed by atoms with van der Waals surface area (Å²) in [4.78, 5) is 22.7. The maximum absolute atomic E-state index is 11.9. The van der Waals surface area contributed by atoms with Gasteiger partial charge in [0.2, 0.25) is 0 Å². The summed E-state index contributed by atoms with van der Waals surface area (Å²) in [6.45, 7) is 0. The number of benzene rings is 2. The summed E-state index contributed by atoms with van der Waals surface area (Å²) >= 11 is 6.94. The van der Waals surface area contributed by atoms with Crippen LogP contribution in [0.25, 0.3) is 10.3 Å². The smallest absolute Gasteiger partial charge is 0.396 e. The van der Waals surface area contributed by atoms with E-state index in [1.54, 1.807) is 30.3 Å². The normalized spacial score (nSPS) is 10.7. The van der Waals surface area contributed by atoms with E-state index in [1.807, 2.05) is 0 Å². The molecular weight excluding hydrogens is 300 g/mol. The molecule has 0 amide bonds. The first-order chi connectivity index (χ1) is 9.63. The molecule has 0 atom stereocenters. The second-order valence-corrected chi connectivity index (χ2v) is 5.32. The molecule has 0 fully saturated rings. The highest BCUT2D eigenvalue weighted by molar-refractivity contribution is 7.16. The molecule has 0 saturated heterocycles. The molecular formula is C14H7ClO4S. The zero-order valence-corrected chi connectivity index (χ0v) is 11.5. The molecule has 0 unspecified atom stereocenters. The van der Waals surface area contributed by atoms with E-state index in [2.05, 4.69) is 0 Å². The Labute approximate surface area is 122 Å². The molecule has 0 aliphatic rings. The third-order valence-electron chi connectivity index (χ3n) is 2.60. The molecule has 20 heavy (non-hydrogen) atoms. The van der Waals surface area contributed by atoms with Crippen LogP contribution < -0.4 is 9.68 Å². The van der Waals surface area contributed by atoms with Crippen molar-refractivity contribution in [2.24, 2.45) is 0 Å². The van der Waals surface area contributed by atoms with Gasteiger partial charge in [0.15, 0.2) is 11.3 Å². The number of hydrogen-bond donors (Lipinski definition) is 0. The second-order valence-electron chi connectivity index (χ2n) is 3.94. The number of halogens is 1. The van der Waals surface area contributed by atoms with Crippen LogP contribution in [0.15, 0.2) is 51.7 Å². The van der Waals surface area contributed by atoms with Crippen LogP contribution in [-0.4, -0.2) is 5.97 Å². The molecule has 0 N–H and O–H groups in total. The minimum Gasteiger partial charge on any atom is -0.421 e. The van der Waals surface area contributed by atoms with E-state index < -0.39 is 10.9 Å². The average Bonchev–Trinajstić information content (AvgIpc) is 2.79. The zero-order chi connectivity index (χ0) is 14.1. The largest absolute Gasteiger partial charge is 0.421 e. The summed E-state index contributed by atoms with van der Waals surface area (Å²) in [6, 6.07) is 11.6. The Kier molecular flexibility index (Phi) is 3.30. The van der Waals surface area contributed by atoms with Gasteiger partial charge in [0.25, 0.3) is 0 Å². The quantitative estimate of drug-likeness (QED) is 0.535. The van der Waals surface area contributed by atoms with Gasteiger partial charge in [-0.15, -0.1) is 0 Å². The molecule has 1 aromatic heterocycles.